The van der Waals surface area contributed by atoms with Crippen LogP contribution in [0.15, 0.2) is 66.7 Å². The van der Waals surface area contributed by atoms with Crippen LogP contribution in [0.25, 0.3) is 11.0 Å². The molecule has 1 aromatic heterocycles. The summed E-state index contributed by atoms with van der Waals surface area (Å²) in [4.78, 5) is 14.0. The maximum absolute atomic E-state index is 11.8. The Labute approximate surface area is 215 Å². The van der Waals surface area contributed by atoms with Crippen LogP contribution >= 0.6 is 11.6 Å². The third-order valence-electron chi connectivity index (χ3n) is 6.89. The van der Waals surface area contributed by atoms with Crippen LogP contribution in [0, 0.1) is 5.41 Å². The minimum Gasteiger partial charge on any atom is -0.497 e. The Bertz CT molecular complexity index is 1470. The molecule has 0 spiro atoms. The molecule has 8 heteroatoms. The van der Waals surface area contributed by atoms with Crippen molar-refractivity contribution < 1.29 is 9.53 Å². The van der Waals surface area contributed by atoms with Gasteiger partial charge in [-0.25, -0.2) is 0 Å². The summed E-state index contributed by atoms with van der Waals surface area (Å²) in [6, 6.07) is 22.0. The number of piperidine rings is 1. The highest BCUT2D eigenvalue weighted by Gasteiger charge is 2.26. The maximum Gasteiger partial charge on any atom is 0.221 e. The smallest absolute Gasteiger partial charge is 0.221 e. The molecule has 3 aromatic carbocycles. The molecule has 2 N–H and O–H groups in total. The summed E-state index contributed by atoms with van der Waals surface area (Å²) in [5.74, 6) is 0.656. The van der Waals surface area contributed by atoms with Crippen molar-refractivity contribution in [1.29, 1.82) is 5.41 Å². The lowest BCUT2D eigenvalue weighted by atomic mass is 10.0. The molecule has 0 atom stereocenters. The fourth-order valence-corrected chi connectivity index (χ4v) is 5.34. The Balaban J connectivity index is 1.44. The number of benzene rings is 3. The number of para-hydroxylation sites is 2. The monoisotopic (exact) mass is 503 g/mol. The first kappa shape index (κ1) is 24.0. The van der Waals surface area contributed by atoms with Gasteiger partial charge < -0.3 is 24.1 Å². The molecule has 1 fully saturated rings. The number of nitrogens with zero attached hydrogens (tertiary/aromatic N) is 3. The number of amides is 1. The number of methoxy groups -OCH3 is 1. The quantitative estimate of drug-likeness (QED) is 0.368. The second-order valence-electron chi connectivity index (χ2n) is 9.14. The molecule has 36 heavy (non-hydrogen) atoms. The number of imidazole rings is 1. The van der Waals surface area contributed by atoms with E-state index in [9.17, 15) is 4.79 Å². The molecule has 0 radical (unpaired) electrons. The van der Waals surface area contributed by atoms with Crippen molar-refractivity contribution in [2.24, 2.45) is 0 Å². The molecule has 5 rings (SSSR count). The number of halogens is 1. The van der Waals surface area contributed by atoms with Crippen LogP contribution in [0.5, 0.6) is 5.75 Å². The zero-order valence-corrected chi connectivity index (χ0v) is 21.3. The second kappa shape index (κ2) is 10.1. The molecule has 7 nitrogen and oxygen atoms in total. The molecule has 4 aromatic rings. The predicted molar refractivity (Wildman–Crippen MR) is 144 cm³/mol. The summed E-state index contributed by atoms with van der Waals surface area (Å²) in [7, 11) is 1.65. The van der Waals surface area contributed by atoms with Crippen LogP contribution < -0.4 is 20.6 Å². The van der Waals surface area contributed by atoms with Gasteiger partial charge in [-0.15, -0.1) is 0 Å². The van der Waals surface area contributed by atoms with Gasteiger partial charge in [-0.2, -0.15) is 0 Å². The molecule has 0 unspecified atom stereocenters. The Morgan fingerprint density at radius 3 is 2.44 bits per heavy atom. The highest BCUT2D eigenvalue weighted by Crippen LogP contribution is 2.35. The number of aromatic nitrogens is 2. The lowest BCUT2D eigenvalue weighted by Gasteiger charge is -2.35. The first-order valence-electron chi connectivity index (χ1n) is 12.1. The molecule has 0 saturated carbocycles. The Hall–Kier alpha value is -3.71. The average molecular weight is 504 g/mol. The fraction of sp³-hybridized carbons (Fsp3) is 0.286. The van der Waals surface area contributed by atoms with E-state index in [1.165, 1.54) is 6.92 Å². The average Bonchev–Trinajstić information content (AvgIpc) is 3.16. The van der Waals surface area contributed by atoms with Crippen molar-refractivity contribution in [1.82, 2.24) is 9.13 Å². The van der Waals surface area contributed by atoms with E-state index >= 15 is 0 Å². The fourth-order valence-electron chi connectivity index (χ4n) is 5.14. The summed E-state index contributed by atoms with van der Waals surface area (Å²) >= 11 is 6.45. The number of hydrogen-bond acceptors (Lipinski definition) is 4. The van der Waals surface area contributed by atoms with Gasteiger partial charge in [0.1, 0.15) is 5.75 Å². The van der Waals surface area contributed by atoms with Crippen molar-refractivity contribution in [3.05, 3.63) is 82.9 Å². The molecule has 1 aliphatic heterocycles. The van der Waals surface area contributed by atoms with E-state index in [1.54, 1.807) is 7.11 Å². The topological polar surface area (TPSA) is 75.3 Å². The number of rotatable bonds is 6. The van der Waals surface area contributed by atoms with Crippen molar-refractivity contribution in [2.75, 3.05) is 30.4 Å². The van der Waals surface area contributed by atoms with Gasteiger partial charge in [-0.05, 0) is 48.7 Å². The summed E-state index contributed by atoms with van der Waals surface area (Å²) in [5, 5.41) is 12.8. The minimum atomic E-state index is -0.1000. The summed E-state index contributed by atoms with van der Waals surface area (Å²) < 4.78 is 9.65. The maximum atomic E-state index is 11.8. The lowest BCUT2D eigenvalue weighted by molar-refractivity contribution is -0.114. The zero-order valence-electron chi connectivity index (χ0n) is 20.5. The van der Waals surface area contributed by atoms with Crippen LogP contribution in [0.2, 0.25) is 5.02 Å². The highest BCUT2D eigenvalue weighted by atomic mass is 35.5. The van der Waals surface area contributed by atoms with Gasteiger partial charge in [0.2, 0.25) is 11.5 Å². The van der Waals surface area contributed by atoms with Gasteiger partial charge in [-0.3, -0.25) is 10.2 Å². The second-order valence-corrected chi connectivity index (χ2v) is 9.55. The number of carbonyl (C=O) groups is 1. The molecule has 1 amide bonds. The van der Waals surface area contributed by atoms with Gasteiger partial charge in [0, 0.05) is 37.1 Å². The first-order chi connectivity index (χ1) is 17.5. The number of ether oxygens (including phenoxy) is 1. The summed E-state index contributed by atoms with van der Waals surface area (Å²) in [6.45, 7) is 3.68. The molecule has 0 bridgehead atoms. The van der Waals surface area contributed by atoms with Crippen molar-refractivity contribution >= 4 is 39.9 Å². The number of nitrogens with one attached hydrogen (secondary N) is 2. The van der Waals surface area contributed by atoms with Gasteiger partial charge in [0.05, 0.1) is 36.1 Å². The molecular weight excluding hydrogens is 474 g/mol. The van der Waals surface area contributed by atoms with Crippen molar-refractivity contribution in [3.63, 3.8) is 0 Å². The van der Waals surface area contributed by atoms with E-state index in [0.29, 0.717) is 17.2 Å². The van der Waals surface area contributed by atoms with E-state index in [0.717, 1.165) is 59.7 Å². The Kier molecular flexibility index (Phi) is 6.74. The minimum absolute atomic E-state index is 0.1000. The van der Waals surface area contributed by atoms with E-state index in [2.05, 4.69) is 26.9 Å². The van der Waals surface area contributed by atoms with Crippen LogP contribution in [0.3, 0.4) is 0 Å². The van der Waals surface area contributed by atoms with Gasteiger partial charge in [-0.1, -0.05) is 41.9 Å². The van der Waals surface area contributed by atoms with E-state index < -0.39 is 0 Å². The molecule has 2 heterocycles. The van der Waals surface area contributed by atoms with Crippen molar-refractivity contribution in [3.8, 4) is 5.75 Å². The van der Waals surface area contributed by atoms with Crippen LogP contribution in [-0.4, -0.2) is 35.2 Å². The number of carbonyl (C=O) groups excluding carboxylic acids is 1. The molecule has 0 aliphatic carbocycles. The lowest BCUT2D eigenvalue weighted by Crippen LogP contribution is -2.38. The van der Waals surface area contributed by atoms with Crippen molar-refractivity contribution in [2.45, 2.75) is 32.4 Å². The van der Waals surface area contributed by atoms with Crippen LogP contribution in [0.1, 0.15) is 31.4 Å². The van der Waals surface area contributed by atoms with Gasteiger partial charge >= 0.3 is 0 Å². The highest BCUT2D eigenvalue weighted by molar-refractivity contribution is 6.31. The number of hydrogen-bond donors (Lipinski definition) is 2. The number of anilines is 2. The van der Waals surface area contributed by atoms with Gasteiger partial charge in [0.15, 0.2) is 0 Å². The molecular formula is C28H30ClN5O2. The van der Waals surface area contributed by atoms with E-state index in [-0.39, 0.29) is 11.9 Å². The van der Waals surface area contributed by atoms with Crippen LogP contribution in [0.4, 0.5) is 11.4 Å². The normalized spacial score (nSPS) is 14.2. The molecule has 1 saturated heterocycles. The molecule has 186 valence electrons. The zero-order chi connectivity index (χ0) is 25.2. The predicted octanol–water partition coefficient (Wildman–Crippen LogP) is 5.43. The SMILES string of the molecule is COc1ccc(NC(C)=O)c(N2CCC(n3c(=N)n(Cc4ccccc4Cl)c4ccccc43)CC2)c1. The van der Waals surface area contributed by atoms with E-state index in [4.69, 9.17) is 21.7 Å². The standard InChI is InChI=1S/C28H30ClN5O2/c1-19(35)31-24-12-11-22(36-2)17-27(24)32-15-13-21(14-16-32)34-26-10-6-5-9-25(26)33(28(34)30)18-20-7-3-4-8-23(20)29/h3-12,17,21,30H,13-16,18H2,1-2H3,(H,31,35). The first-order valence-corrected chi connectivity index (χ1v) is 12.5. The largest absolute Gasteiger partial charge is 0.497 e. The Morgan fingerprint density at radius 1 is 1.06 bits per heavy atom. The summed E-state index contributed by atoms with van der Waals surface area (Å²) in [5.41, 5.74) is 5.32. The summed E-state index contributed by atoms with van der Waals surface area (Å²) in [6.07, 6.45) is 1.76. The van der Waals surface area contributed by atoms with Gasteiger partial charge in [0.25, 0.3) is 0 Å². The molecule has 1 aliphatic rings. The Morgan fingerprint density at radius 2 is 1.75 bits per heavy atom. The van der Waals surface area contributed by atoms with E-state index in [1.807, 2.05) is 59.2 Å². The number of fused-ring (bicyclic) bond motifs is 1. The third kappa shape index (κ3) is 4.58. The third-order valence-corrected chi connectivity index (χ3v) is 7.26. The van der Waals surface area contributed by atoms with Crippen LogP contribution in [-0.2, 0) is 11.3 Å².